The van der Waals surface area contributed by atoms with Crippen LogP contribution in [-0.4, -0.2) is 5.97 Å². The second-order valence-corrected chi connectivity index (χ2v) is 4.57. The van der Waals surface area contributed by atoms with Crippen LogP contribution in [0.15, 0.2) is 41.7 Å². The molecule has 1 aromatic carbocycles. The van der Waals surface area contributed by atoms with E-state index >= 15 is 0 Å². The Morgan fingerprint density at radius 2 is 2.30 bits per heavy atom. The minimum atomic E-state index is -0.757. The number of nitrogens with one attached hydrogen (secondary N) is 1. The van der Waals surface area contributed by atoms with Crippen LogP contribution in [0.1, 0.15) is 18.4 Å². The fourth-order valence-electron chi connectivity index (χ4n) is 2.07. The van der Waals surface area contributed by atoms with Crippen LogP contribution in [0.25, 0.3) is 0 Å². The molecule has 20 heavy (non-hydrogen) atoms. The smallest absolute Gasteiger partial charge is 0.352 e. The monoisotopic (exact) mass is 292 g/mol. The summed E-state index contributed by atoms with van der Waals surface area (Å²) < 4.78 is 17.5. The van der Waals surface area contributed by atoms with E-state index in [2.05, 4.69) is 10.1 Å². The van der Waals surface area contributed by atoms with Gasteiger partial charge in [0.05, 0.1) is 5.57 Å². The van der Waals surface area contributed by atoms with Gasteiger partial charge in [-0.3, -0.25) is 0 Å². The minimum absolute atomic E-state index is 0.205. The van der Waals surface area contributed by atoms with Gasteiger partial charge < -0.3 is 10.1 Å². The highest BCUT2D eigenvalue weighted by atomic mass is 35.5. The normalized spacial score (nSPS) is 17.4. The molecule has 0 saturated carbocycles. The molecule has 1 heterocycles. The van der Waals surface area contributed by atoms with Gasteiger partial charge >= 0.3 is 5.97 Å². The molecule has 0 fully saturated rings. The summed E-state index contributed by atoms with van der Waals surface area (Å²) in [6, 6.07) is 3.94. The van der Waals surface area contributed by atoms with E-state index in [0.29, 0.717) is 11.3 Å². The van der Waals surface area contributed by atoms with Crippen molar-refractivity contribution in [1.29, 1.82) is 5.26 Å². The highest BCUT2D eigenvalue weighted by Gasteiger charge is 2.28. The van der Waals surface area contributed by atoms with E-state index in [1.54, 1.807) is 19.2 Å². The van der Waals surface area contributed by atoms with Crippen LogP contribution in [0, 0.1) is 17.3 Å². The van der Waals surface area contributed by atoms with E-state index in [4.69, 9.17) is 16.9 Å². The molecule has 0 aliphatic carbocycles. The van der Waals surface area contributed by atoms with Crippen molar-refractivity contribution in [3.8, 4) is 6.26 Å². The van der Waals surface area contributed by atoms with Gasteiger partial charge in [-0.15, -0.1) is 5.26 Å². The Morgan fingerprint density at radius 3 is 2.95 bits per heavy atom. The summed E-state index contributed by atoms with van der Waals surface area (Å²) in [5.74, 6) is -1.71. The average molecular weight is 293 g/mol. The zero-order valence-corrected chi connectivity index (χ0v) is 11.2. The number of nitriles is 1. The number of esters is 1. The fourth-order valence-corrected chi connectivity index (χ4v) is 2.35. The van der Waals surface area contributed by atoms with E-state index in [1.807, 2.05) is 0 Å². The number of carbonyl (C=O) groups excluding carboxylic acids is 1. The summed E-state index contributed by atoms with van der Waals surface area (Å²) in [6.07, 6.45) is 4.70. The maximum absolute atomic E-state index is 13.1. The molecule has 0 saturated heterocycles. The molecular formula is C14H10ClFN2O2. The van der Waals surface area contributed by atoms with Gasteiger partial charge in [0.2, 0.25) is 0 Å². The molecular weight excluding hydrogens is 283 g/mol. The van der Waals surface area contributed by atoms with E-state index in [0.717, 1.165) is 0 Å². The van der Waals surface area contributed by atoms with Gasteiger partial charge in [0.25, 0.3) is 6.26 Å². The molecule has 0 radical (unpaired) electrons. The summed E-state index contributed by atoms with van der Waals surface area (Å²) in [6.45, 7) is 1.68. The van der Waals surface area contributed by atoms with Crippen LogP contribution in [0.5, 0.6) is 0 Å². The molecule has 6 heteroatoms. The molecule has 4 nitrogen and oxygen atoms in total. The second kappa shape index (κ2) is 5.76. The molecule has 1 aliphatic heterocycles. The largest absolute Gasteiger partial charge is 0.365 e. The quantitative estimate of drug-likeness (QED) is 0.672. The summed E-state index contributed by atoms with van der Waals surface area (Å²) in [5, 5.41) is 11.6. The van der Waals surface area contributed by atoms with Crippen molar-refractivity contribution in [1.82, 2.24) is 5.32 Å². The van der Waals surface area contributed by atoms with Crippen molar-refractivity contribution < 1.29 is 13.9 Å². The van der Waals surface area contributed by atoms with Crippen molar-refractivity contribution in [3.63, 3.8) is 0 Å². The average Bonchev–Trinajstić information content (AvgIpc) is 2.38. The predicted octanol–water partition coefficient (Wildman–Crippen LogP) is 2.98. The molecule has 1 atom stereocenters. The number of benzene rings is 1. The number of allylic oxidation sites excluding steroid dienone is 2. The van der Waals surface area contributed by atoms with Gasteiger partial charge in [0, 0.05) is 16.6 Å². The van der Waals surface area contributed by atoms with Gasteiger partial charge in [-0.1, -0.05) is 23.7 Å². The zero-order valence-electron chi connectivity index (χ0n) is 10.5. The first-order valence-corrected chi connectivity index (χ1v) is 6.11. The molecule has 102 valence electrons. The summed E-state index contributed by atoms with van der Waals surface area (Å²) >= 11 is 6.02. The number of nitrogens with zero attached hydrogens (tertiary/aromatic N) is 1. The lowest BCUT2D eigenvalue weighted by molar-refractivity contribution is -0.133. The number of hydrogen-bond donors (Lipinski definition) is 1. The van der Waals surface area contributed by atoms with Crippen LogP contribution in [0.4, 0.5) is 4.39 Å². The van der Waals surface area contributed by atoms with Crippen LogP contribution in [0.3, 0.4) is 0 Å². The minimum Gasteiger partial charge on any atom is -0.365 e. The van der Waals surface area contributed by atoms with Crippen molar-refractivity contribution in [2.75, 3.05) is 0 Å². The van der Waals surface area contributed by atoms with Crippen LogP contribution in [0.2, 0.25) is 5.02 Å². The first-order chi connectivity index (χ1) is 9.54. The Kier molecular flexibility index (Phi) is 4.06. The SMILES string of the molecule is CC1=C(C(=O)OC#N)C(c2ccc(F)cc2Cl)C=CN1. The maximum atomic E-state index is 13.1. The lowest BCUT2D eigenvalue weighted by Gasteiger charge is -2.22. The topological polar surface area (TPSA) is 62.1 Å². The van der Waals surface area contributed by atoms with Crippen molar-refractivity contribution in [2.24, 2.45) is 0 Å². The molecule has 0 bridgehead atoms. The van der Waals surface area contributed by atoms with E-state index < -0.39 is 17.7 Å². The number of carbonyl (C=O) groups is 1. The van der Waals surface area contributed by atoms with E-state index in [9.17, 15) is 9.18 Å². The van der Waals surface area contributed by atoms with Gasteiger partial charge in [0.15, 0.2) is 0 Å². The Balaban J connectivity index is 2.48. The van der Waals surface area contributed by atoms with Gasteiger partial charge in [-0.05, 0) is 30.8 Å². The summed E-state index contributed by atoms with van der Waals surface area (Å²) in [5.41, 5.74) is 1.38. The predicted molar refractivity (Wildman–Crippen MR) is 70.8 cm³/mol. The number of dihydropyridines is 1. The van der Waals surface area contributed by atoms with E-state index in [-0.39, 0.29) is 10.6 Å². The van der Waals surface area contributed by atoms with Crippen LogP contribution >= 0.6 is 11.6 Å². The van der Waals surface area contributed by atoms with Crippen LogP contribution in [-0.2, 0) is 9.53 Å². The molecule has 1 N–H and O–H groups in total. The Bertz CT molecular complexity index is 662. The lowest BCUT2D eigenvalue weighted by atomic mass is 9.88. The lowest BCUT2D eigenvalue weighted by Crippen LogP contribution is -2.22. The third-order valence-corrected chi connectivity index (χ3v) is 3.29. The molecule has 1 aromatic rings. The maximum Gasteiger partial charge on any atom is 0.352 e. The Labute approximate surface area is 120 Å². The summed E-state index contributed by atoms with van der Waals surface area (Å²) in [7, 11) is 0. The molecule has 1 aliphatic rings. The second-order valence-electron chi connectivity index (χ2n) is 4.17. The van der Waals surface area contributed by atoms with Gasteiger partial charge in [-0.2, -0.15) is 0 Å². The zero-order chi connectivity index (χ0) is 14.7. The third-order valence-electron chi connectivity index (χ3n) is 2.96. The standard InChI is InChI=1S/C14H10ClFN2O2/c1-8-13(14(19)20-7-17)11(4-5-18-8)10-3-2-9(16)6-12(10)15/h2-6,11,18H,1H3. The number of hydrogen-bond acceptors (Lipinski definition) is 4. The number of ether oxygens (including phenoxy) is 1. The number of rotatable bonds is 2. The fraction of sp³-hybridized carbons (Fsp3) is 0.143. The van der Waals surface area contributed by atoms with Crippen molar-refractivity contribution in [2.45, 2.75) is 12.8 Å². The Hall–Kier alpha value is -2.32. The molecule has 2 rings (SSSR count). The summed E-state index contributed by atoms with van der Waals surface area (Å²) in [4.78, 5) is 11.9. The van der Waals surface area contributed by atoms with Crippen molar-refractivity contribution >= 4 is 17.6 Å². The molecule has 0 amide bonds. The highest BCUT2D eigenvalue weighted by molar-refractivity contribution is 6.31. The molecule has 0 aromatic heterocycles. The first kappa shape index (κ1) is 14.1. The highest BCUT2D eigenvalue weighted by Crippen LogP contribution is 2.35. The molecule has 1 unspecified atom stereocenters. The molecule has 0 spiro atoms. The van der Waals surface area contributed by atoms with Gasteiger partial charge in [0.1, 0.15) is 5.82 Å². The van der Waals surface area contributed by atoms with Gasteiger partial charge in [-0.25, -0.2) is 9.18 Å². The Morgan fingerprint density at radius 1 is 1.55 bits per heavy atom. The number of halogens is 2. The van der Waals surface area contributed by atoms with E-state index in [1.165, 1.54) is 24.5 Å². The van der Waals surface area contributed by atoms with Crippen LogP contribution < -0.4 is 5.32 Å². The van der Waals surface area contributed by atoms with Crippen molar-refractivity contribution in [3.05, 3.63) is 58.1 Å². The first-order valence-electron chi connectivity index (χ1n) is 5.73. The third kappa shape index (κ3) is 2.65.